The molecule has 1 saturated carbocycles. The van der Waals surface area contributed by atoms with E-state index >= 15 is 0 Å². The number of ether oxygens (including phenoxy) is 1. The van der Waals surface area contributed by atoms with E-state index in [1.54, 1.807) is 0 Å². The van der Waals surface area contributed by atoms with E-state index in [4.69, 9.17) is 4.74 Å². The number of hydrogen-bond donors (Lipinski definition) is 0. The van der Waals surface area contributed by atoms with Crippen molar-refractivity contribution in [1.29, 1.82) is 0 Å². The van der Waals surface area contributed by atoms with Gasteiger partial charge in [-0.1, -0.05) is 38.5 Å². The zero-order valence-electron chi connectivity index (χ0n) is 9.35. The summed E-state index contributed by atoms with van der Waals surface area (Å²) in [6, 6.07) is 0. The lowest BCUT2D eigenvalue weighted by Gasteiger charge is -2.19. The lowest BCUT2D eigenvalue weighted by molar-refractivity contribution is 0.183. The first kappa shape index (κ1) is 11.4. The maximum atomic E-state index is 5.36. The molecule has 1 fully saturated rings. The van der Waals surface area contributed by atoms with Crippen molar-refractivity contribution in [3.05, 3.63) is 0 Å². The van der Waals surface area contributed by atoms with Gasteiger partial charge in [-0.2, -0.15) is 0 Å². The van der Waals surface area contributed by atoms with Gasteiger partial charge >= 0.3 is 0 Å². The van der Waals surface area contributed by atoms with E-state index in [9.17, 15) is 0 Å². The molecule has 0 aromatic heterocycles. The van der Waals surface area contributed by atoms with E-state index in [-0.39, 0.29) is 0 Å². The van der Waals surface area contributed by atoms with E-state index < -0.39 is 0 Å². The Kier molecular flexibility index (Phi) is 6.32. The summed E-state index contributed by atoms with van der Waals surface area (Å²) >= 11 is 0. The topological polar surface area (TPSA) is 9.23 Å². The second-order valence-corrected chi connectivity index (χ2v) is 4.20. The van der Waals surface area contributed by atoms with E-state index in [2.05, 4.69) is 19.0 Å². The number of unbranched alkanes of at least 4 members (excludes halogenated alkanes) is 2. The highest BCUT2D eigenvalue weighted by atomic mass is 16.5. The standard InChI is InChI=1S/C13H22O/c1-2-3-4-8-11-14-12-13-9-6-5-7-10-13/h13H,2-7,9-10,12H2,1H3. The smallest absolute Gasteiger partial charge is 0.110 e. The van der Waals surface area contributed by atoms with Crippen LogP contribution in [0.1, 0.15) is 58.3 Å². The third-order valence-electron chi connectivity index (χ3n) is 2.84. The Morgan fingerprint density at radius 3 is 2.71 bits per heavy atom. The summed E-state index contributed by atoms with van der Waals surface area (Å²) in [5.74, 6) is 3.84. The minimum absolute atomic E-state index is 0.782. The van der Waals surface area contributed by atoms with Crippen molar-refractivity contribution in [1.82, 2.24) is 0 Å². The van der Waals surface area contributed by atoms with Crippen molar-refractivity contribution in [2.75, 3.05) is 6.61 Å². The van der Waals surface area contributed by atoms with Crippen LogP contribution in [0.4, 0.5) is 0 Å². The Hall–Kier alpha value is -0.640. The van der Waals surface area contributed by atoms with Crippen LogP contribution in [0.5, 0.6) is 0 Å². The molecule has 0 atom stereocenters. The third kappa shape index (κ3) is 5.17. The molecule has 0 heterocycles. The quantitative estimate of drug-likeness (QED) is 0.489. The van der Waals surface area contributed by atoms with Crippen LogP contribution in [0.15, 0.2) is 0 Å². The summed E-state index contributed by atoms with van der Waals surface area (Å²) in [6.07, 6.45) is 13.1. The molecular weight excluding hydrogens is 172 g/mol. The van der Waals surface area contributed by atoms with Gasteiger partial charge < -0.3 is 4.74 Å². The van der Waals surface area contributed by atoms with E-state index in [0.29, 0.717) is 0 Å². The molecule has 1 aliphatic carbocycles. The Morgan fingerprint density at radius 2 is 2.00 bits per heavy atom. The molecule has 0 radical (unpaired) electrons. The zero-order chi connectivity index (χ0) is 10.1. The van der Waals surface area contributed by atoms with Gasteiger partial charge in [-0.3, -0.25) is 0 Å². The molecule has 0 aromatic carbocycles. The van der Waals surface area contributed by atoms with Crippen molar-refractivity contribution >= 4 is 0 Å². The molecule has 0 aromatic rings. The van der Waals surface area contributed by atoms with Crippen LogP contribution in [0.2, 0.25) is 0 Å². The summed E-state index contributed by atoms with van der Waals surface area (Å²) in [7, 11) is 0. The summed E-state index contributed by atoms with van der Waals surface area (Å²) in [5, 5.41) is 0. The largest absolute Gasteiger partial charge is 0.446 e. The van der Waals surface area contributed by atoms with Gasteiger partial charge in [-0.25, -0.2) is 0 Å². The van der Waals surface area contributed by atoms with Gasteiger partial charge in [0, 0.05) is 6.42 Å². The van der Waals surface area contributed by atoms with Gasteiger partial charge in [-0.15, -0.1) is 0 Å². The maximum absolute atomic E-state index is 5.36. The Balaban J connectivity index is 1.98. The van der Waals surface area contributed by atoms with Gasteiger partial charge in [0.05, 0.1) is 0 Å². The van der Waals surface area contributed by atoms with E-state index in [1.807, 2.05) is 0 Å². The van der Waals surface area contributed by atoms with Gasteiger partial charge in [-0.05, 0) is 25.2 Å². The second-order valence-electron chi connectivity index (χ2n) is 4.20. The number of hydrogen-bond acceptors (Lipinski definition) is 1. The highest BCUT2D eigenvalue weighted by molar-refractivity contribution is 4.91. The van der Waals surface area contributed by atoms with Crippen molar-refractivity contribution in [2.45, 2.75) is 58.3 Å². The maximum Gasteiger partial charge on any atom is 0.110 e. The molecule has 0 amide bonds. The van der Waals surface area contributed by atoms with Gasteiger partial charge in [0.1, 0.15) is 12.7 Å². The lowest BCUT2D eigenvalue weighted by Crippen LogP contribution is -2.11. The second kappa shape index (κ2) is 7.74. The SMILES string of the molecule is CCCCC#COCC1CCCCC1. The summed E-state index contributed by atoms with van der Waals surface area (Å²) < 4.78 is 5.36. The molecule has 1 rings (SSSR count). The fraction of sp³-hybridized carbons (Fsp3) is 0.846. The minimum Gasteiger partial charge on any atom is -0.446 e. The molecule has 1 heteroatoms. The average Bonchev–Trinajstić information content (AvgIpc) is 2.25. The normalized spacial score (nSPS) is 17.2. The molecule has 80 valence electrons. The Bertz CT molecular complexity index is 181. The van der Waals surface area contributed by atoms with Crippen molar-refractivity contribution in [2.24, 2.45) is 5.92 Å². The van der Waals surface area contributed by atoms with Crippen LogP contribution < -0.4 is 0 Å². The fourth-order valence-corrected chi connectivity index (χ4v) is 1.88. The monoisotopic (exact) mass is 194 g/mol. The lowest BCUT2D eigenvalue weighted by atomic mass is 9.90. The zero-order valence-corrected chi connectivity index (χ0v) is 9.35. The molecule has 1 nitrogen and oxygen atoms in total. The first-order valence-corrected chi connectivity index (χ1v) is 6.03. The molecule has 0 saturated heterocycles. The molecule has 14 heavy (non-hydrogen) atoms. The summed E-state index contributed by atoms with van der Waals surface area (Å²) in [5.41, 5.74) is 0. The van der Waals surface area contributed by atoms with Crippen molar-refractivity contribution in [3.63, 3.8) is 0 Å². The summed E-state index contributed by atoms with van der Waals surface area (Å²) in [6.45, 7) is 3.05. The van der Waals surface area contributed by atoms with Crippen LogP contribution in [0, 0.1) is 17.9 Å². The van der Waals surface area contributed by atoms with E-state index in [1.165, 1.54) is 44.9 Å². The fourth-order valence-electron chi connectivity index (χ4n) is 1.88. The molecular formula is C13H22O. The Morgan fingerprint density at radius 1 is 1.21 bits per heavy atom. The van der Waals surface area contributed by atoms with Crippen LogP contribution in [0.3, 0.4) is 0 Å². The van der Waals surface area contributed by atoms with Crippen molar-refractivity contribution in [3.8, 4) is 12.0 Å². The predicted molar refractivity (Wildman–Crippen MR) is 59.8 cm³/mol. The molecule has 0 N–H and O–H groups in total. The molecule has 1 aliphatic rings. The number of rotatable bonds is 4. The van der Waals surface area contributed by atoms with Crippen LogP contribution >= 0.6 is 0 Å². The predicted octanol–water partition coefficient (Wildman–Crippen LogP) is 3.73. The average molecular weight is 194 g/mol. The van der Waals surface area contributed by atoms with Crippen molar-refractivity contribution < 1.29 is 4.74 Å². The Labute approximate surface area is 88.2 Å². The molecule has 0 unspecified atom stereocenters. The first-order chi connectivity index (χ1) is 6.93. The van der Waals surface area contributed by atoms with Crippen LogP contribution in [0.25, 0.3) is 0 Å². The van der Waals surface area contributed by atoms with E-state index in [0.717, 1.165) is 18.9 Å². The van der Waals surface area contributed by atoms with Crippen LogP contribution in [-0.4, -0.2) is 6.61 Å². The van der Waals surface area contributed by atoms with Gasteiger partial charge in [0.2, 0.25) is 0 Å². The molecule has 0 bridgehead atoms. The third-order valence-corrected chi connectivity index (χ3v) is 2.84. The van der Waals surface area contributed by atoms with Crippen LogP contribution in [-0.2, 0) is 4.74 Å². The summed E-state index contributed by atoms with van der Waals surface area (Å²) in [4.78, 5) is 0. The highest BCUT2D eigenvalue weighted by Gasteiger charge is 2.12. The van der Waals surface area contributed by atoms with Gasteiger partial charge in [0.15, 0.2) is 0 Å². The molecule has 0 aliphatic heterocycles. The van der Waals surface area contributed by atoms with Gasteiger partial charge in [0.25, 0.3) is 0 Å². The highest BCUT2D eigenvalue weighted by Crippen LogP contribution is 2.23. The molecule has 0 spiro atoms. The minimum atomic E-state index is 0.782. The first-order valence-electron chi connectivity index (χ1n) is 6.03.